The van der Waals surface area contributed by atoms with Gasteiger partial charge in [-0.15, -0.1) is 0 Å². The fourth-order valence-corrected chi connectivity index (χ4v) is 4.81. The van der Waals surface area contributed by atoms with E-state index < -0.39 is 5.91 Å². The quantitative estimate of drug-likeness (QED) is 0.214. The van der Waals surface area contributed by atoms with Gasteiger partial charge in [-0.1, -0.05) is 58.5 Å². The zero-order chi connectivity index (χ0) is 24.1. The van der Waals surface area contributed by atoms with Gasteiger partial charge in [-0.05, 0) is 85.5 Å². The number of halogens is 6. The van der Waals surface area contributed by atoms with E-state index in [0.29, 0.717) is 41.0 Å². The monoisotopic (exact) mass is 646 g/mol. The van der Waals surface area contributed by atoms with Crippen LogP contribution in [0.4, 0.5) is 5.69 Å². The van der Waals surface area contributed by atoms with Gasteiger partial charge in [0, 0.05) is 0 Å². The van der Waals surface area contributed by atoms with Crippen LogP contribution in [0.5, 0.6) is 5.75 Å². The number of benzene rings is 3. The summed E-state index contributed by atoms with van der Waals surface area (Å²) in [5, 5.41) is 13.5. The molecule has 0 radical (unpaired) electrons. The molecule has 0 aliphatic rings. The SMILES string of the molecule is N#C/C(=C/c1cc(Br)c(OCc2ccc(Cl)c(Cl)c2)c(Br)c1)C(=O)Nc1cccc(Cl)c1Cl. The number of anilines is 1. The second kappa shape index (κ2) is 11.6. The predicted octanol–water partition coefficient (Wildman–Crippen LogP) is 8.95. The number of nitrogens with one attached hydrogen (secondary N) is 1. The van der Waals surface area contributed by atoms with Crippen molar-refractivity contribution in [2.45, 2.75) is 6.61 Å². The van der Waals surface area contributed by atoms with Gasteiger partial charge in [0.2, 0.25) is 0 Å². The fraction of sp³-hybridized carbons (Fsp3) is 0.0435. The van der Waals surface area contributed by atoms with E-state index in [1.165, 1.54) is 6.08 Å². The first-order valence-corrected chi connectivity index (χ1v) is 12.2. The highest BCUT2D eigenvalue weighted by atomic mass is 79.9. The van der Waals surface area contributed by atoms with Gasteiger partial charge >= 0.3 is 0 Å². The molecule has 1 amide bonds. The van der Waals surface area contributed by atoms with E-state index in [9.17, 15) is 10.1 Å². The normalized spacial score (nSPS) is 11.1. The lowest BCUT2D eigenvalue weighted by atomic mass is 10.1. The Bertz CT molecular complexity index is 1280. The Morgan fingerprint density at radius 3 is 2.33 bits per heavy atom. The van der Waals surface area contributed by atoms with Crippen LogP contribution in [0.25, 0.3) is 6.08 Å². The standard InChI is InChI=1S/C23H12Br2Cl4N2O2/c24-15-7-13(6-14(10-30)23(32)31-20-3-1-2-18(27)21(20)29)8-16(25)22(15)33-11-12-4-5-17(26)19(28)9-12/h1-9H,11H2,(H,31,32)/b14-6-. The van der Waals surface area contributed by atoms with Gasteiger partial charge in [0.15, 0.2) is 0 Å². The third-order valence-corrected chi connectivity index (χ3v) is 7.00. The molecule has 4 nitrogen and oxygen atoms in total. The number of hydrogen-bond donors (Lipinski definition) is 1. The summed E-state index contributed by atoms with van der Waals surface area (Å²) in [6, 6.07) is 15.4. The van der Waals surface area contributed by atoms with Crippen molar-refractivity contribution in [2.75, 3.05) is 5.32 Å². The van der Waals surface area contributed by atoms with Gasteiger partial charge in [-0.3, -0.25) is 4.79 Å². The molecular formula is C23H12Br2Cl4N2O2. The number of carbonyl (C=O) groups excluding carboxylic acids is 1. The molecule has 0 spiro atoms. The number of carbonyl (C=O) groups is 1. The van der Waals surface area contributed by atoms with Crippen LogP contribution >= 0.6 is 78.3 Å². The molecule has 0 aromatic heterocycles. The highest BCUT2D eigenvalue weighted by molar-refractivity contribution is 9.11. The smallest absolute Gasteiger partial charge is 0.266 e. The van der Waals surface area contributed by atoms with Crippen molar-refractivity contribution in [1.29, 1.82) is 5.26 Å². The molecule has 33 heavy (non-hydrogen) atoms. The Labute approximate surface area is 227 Å². The maximum atomic E-state index is 12.6. The molecular weight excluding hydrogens is 638 g/mol. The summed E-state index contributed by atoms with van der Waals surface area (Å²) >= 11 is 31.0. The summed E-state index contributed by atoms with van der Waals surface area (Å²) in [6.45, 7) is 0.259. The Hall–Kier alpha value is -1.72. The van der Waals surface area contributed by atoms with Crippen molar-refractivity contribution >= 4 is 95.9 Å². The lowest BCUT2D eigenvalue weighted by Crippen LogP contribution is -2.13. The Balaban J connectivity index is 1.79. The third kappa shape index (κ3) is 6.66. The van der Waals surface area contributed by atoms with Gasteiger partial charge in [0.05, 0.1) is 34.7 Å². The lowest BCUT2D eigenvalue weighted by Gasteiger charge is -2.12. The van der Waals surface area contributed by atoms with Gasteiger partial charge in [0.1, 0.15) is 24.0 Å². The maximum Gasteiger partial charge on any atom is 0.266 e. The zero-order valence-corrected chi connectivity index (χ0v) is 22.6. The fourth-order valence-electron chi connectivity index (χ4n) is 2.69. The zero-order valence-electron chi connectivity index (χ0n) is 16.4. The molecule has 3 aromatic rings. The maximum absolute atomic E-state index is 12.6. The lowest BCUT2D eigenvalue weighted by molar-refractivity contribution is -0.112. The van der Waals surface area contributed by atoms with Crippen molar-refractivity contribution in [3.8, 4) is 11.8 Å². The van der Waals surface area contributed by atoms with E-state index in [1.54, 1.807) is 42.5 Å². The Morgan fingerprint density at radius 2 is 1.70 bits per heavy atom. The molecule has 0 fully saturated rings. The number of nitriles is 1. The van der Waals surface area contributed by atoms with Crippen LogP contribution in [0.15, 0.2) is 63.0 Å². The minimum Gasteiger partial charge on any atom is -0.487 e. The highest BCUT2D eigenvalue weighted by Gasteiger charge is 2.15. The average molecular weight is 650 g/mol. The number of ether oxygens (including phenoxy) is 1. The van der Waals surface area contributed by atoms with Crippen LogP contribution in [0, 0.1) is 11.3 Å². The summed E-state index contributed by atoms with van der Waals surface area (Å²) in [5.74, 6) is -0.0688. The molecule has 3 rings (SSSR count). The van der Waals surface area contributed by atoms with E-state index in [1.807, 2.05) is 12.1 Å². The second-order valence-electron chi connectivity index (χ2n) is 6.58. The van der Waals surface area contributed by atoms with E-state index in [4.69, 9.17) is 51.1 Å². The average Bonchev–Trinajstić information content (AvgIpc) is 2.77. The number of amides is 1. The predicted molar refractivity (Wildman–Crippen MR) is 141 cm³/mol. The largest absolute Gasteiger partial charge is 0.487 e. The summed E-state index contributed by atoms with van der Waals surface area (Å²) < 4.78 is 7.15. The Morgan fingerprint density at radius 1 is 1.00 bits per heavy atom. The first-order valence-electron chi connectivity index (χ1n) is 9.12. The first kappa shape index (κ1) is 25.9. The first-order chi connectivity index (χ1) is 15.7. The van der Waals surface area contributed by atoms with E-state index in [0.717, 1.165) is 5.56 Å². The van der Waals surface area contributed by atoms with Crippen LogP contribution in [0.2, 0.25) is 20.1 Å². The van der Waals surface area contributed by atoms with Crippen LogP contribution in [-0.2, 0) is 11.4 Å². The van der Waals surface area contributed by atoms with Crippen LogP contribution < -0.4 is 10.1 Å². The molecule has 1 N–H and O–H groups in total. The van der Waals surface area contributed by atoms with Crippen molar-refractivity contribution in [2.24, 2.45) is 0 Å². The second-order valence-corrected chi connectivity index (χ2v) is 9.88. The molecule has 3 aromatic carbocycles. The minimum absolute atomic E-state index is 0.116. The van der Waals surface area contributed by atoms with Crippen LogP contribution in [-0.4, -0.2) is 5.91 Å². The van der Waals surface area contributed by atoms with Gasteiger partial charge in [0.25, 0.3) is 5.91 Å². The summed E-state index contributed by atoms with van der Waals surface area (Å²) in [6.07, 6.45) is 1.45. The van der Waals surface area contributed by atoms with Crippen molar-refractivity contribution in [1.82, 2.24) is 0 Å². The van der Waals surface area contributed by atoms with E-state index in [-0.39, 0.29) is 17.2 Å². The third-order valence-electron chi connectivity index (χ3n) is 4.26. The van der Waals surface area contributed by atoms with Gasteiger partial charge in [-0.25, -0.2) is 0 Å². The summed E-state index contributed by atoms with van der Waals surface area (Å²) in [5.41, 5.74) is 1.63. The Kier molecular flexibility index (Phi) is 9.11. The number of nitrogens with zero attached hydrogens (tertiary/aromatic N) is 1. The molecule has 0 saturated carbocycles. The summed E-state index contributed by atoms with van der Waals surface area (Å²) in [7, 11) is 0. The molecule has 0 aliphatic carbocycles. The molecule has 10 heteroatoms. The van der Waals surface area contributed by atoms with Gasteiger partial charge in [-0.2, -0.15) is 5.26 Å². The van der Waals surface area contributed by atoms with Crippen LogP contribution in [0.3, 0.4) is 0 Å². The minimum atomic E-state index is -0.617. The topological polar surface area (TPSA) is 62.1 Å². The number of hydrogen-bond acceptors (Lipinski definition) is 3. The molecule has 0 atom stereocenters. The van der Waals surface area contributed by atoms with Crippen molar-refractivity contribution < 1.29 is 9.53 Å². The van der Waals surface area contributed by atoms with E-state index in [2.05, 4.69) is 37.2 Å². The molecule has 0 saturated heterocycles. The van der Waals surface area contributed by atoms with Gasteiger partial charge < -0.3 is 10.1 Å². The molecule has 168 valence electrons. The van der Waals surface area contributed by atoms with Crippen LogP contribution in [0.1, 0.15) is 11.1 Å². The molecule has 0 unspecified atom stereocenters. The van der Waals surface area contributed by atoms with E-state index >= 15 is 0 Å². The summed E-state index contributed by atoms with van der Waals surface area (Å²) in [4.78, 5) is 12.6. The molecule has 0 heterocycles. The molecule has 0 bridgehead atoms. The molecule has 0 aliphatic heterocycles. The number of rotatable bonds is 6. The van der Waals surface area contributed by atoms with Crippen molar-refractivity contribution in [3.63, 3.8) is 0 Å². The highest BCUT2D eigenvalue weighted by Crippen LogP contribution is 2.36. The van der Waals surface area contributed by atoms with Crippen molar-refractivity contribution in [3.05, 3.63) is 94.3 Å².